The van der Waals surface area contributed by atoms with Gasteiger partial charge in [0, 0.05) is 36.8 Å². The summed E-state index contributed by atoms with van der Waals surface area (Å²) in [6.45, 7) is 3.82. The average Bonchev–Trinajstić information content (AvgIpc) is 3.23. The number of hydrogen-bond acceptors (Lipinski definition) is 7. The highest BCUT2D eigenvalue weighted by atomic mass is 16.6. The molecule has 2 bridgehead atoms. The van der Waals surface area contributed by atoms with Gasteiger partial charge in [-0.2, -0.15) is 0 Å². The molecule has 7 nitrogen and oxygen atoms in total. The topological polar surface area (TPSA) is 84.9 Å². The molecule has 7 heteroatoms. The summed E-state index contributed by atoms with van der Waals surface area (Å²) in [4.78, 5) is 40.2. The van der Waals surface area contributed by atoms with E-state index in [1.807, 2.05) is 18.2 Å². The lowest BCUT2D eigenvalue weighted by Crippen LogP contribution is -2.66. The number of nitrogens with zero attached hydrogens (tertiary/aromatic N) is 1. The highest BCUT2D eigenvalue weighted by Crippen LogP contribution is 2.62. The fraction of sp³-hybridized carbons (Fsp3) is 0.500. The summed E-state index contributed by atoms with van der Waals surface area (Å²) in [5.41, 5.74) is 1.72. The number of para-hydroxylation sites is 1. The van der Waals surface area contributed by atoms with Gasteiger partial charge in [0.2, 0.25) is 0 Å². The van der Waals surface area contributed by atoms with Crippen LogP contribution in [0.1, 0.15) is 32.3 Å². The molecule has 152 valence electrons. The van der Waals surface area contributed by atoms with Gasteiger partial charge in [-0.15, -0.1) is 0 Å². The first-order chi connectivity index (χ1) is 13.8. The van der Waals surface area contributed by atoms with E-state index in [1.54, 1.807) is 0 Å². The Balaban J connectivity index is 1.80. The number of Topliss-reactive ketones (excluding diaryl/α,β-unsaturated/α-hetero) is 1. The highest BCUT2D eigenvalue weighted by molar-refractivity contribution is 5.97. The SMILES string of the molecule is COC(=O)C1=C2Nc3ccccc3[C@@]23CCN2C[C@@](OC(C)=O)(C(C)=O)[C@@H]1C[C@H]23. The molecule has 4 atom stereocenters. The second-order valence-electron chi connectivity index (χ2n) is 8.49. The van der Waals surface area contributed by atoms with Crippen molar-refractivity contribution < 1.29 is 23.9 Å². The highest BCUT2D eigenvalue weighted by Gasteiger charge is 2.68. The number of rotatable bonds is 3. The van der Waals surface area contributed by atoms with Crippen LogP contribution in [0, 0.1) is 5.92 Å². The fourth-order valence-corrected chi connectivity index (χ4v) is 6.26. The van der Waals surface area contributed by atoms with Crippen LogP contribution in [-0.4, -0.2) is 54.5 Å². The normalized spacial score (nSPS) is 34.2. The Morgan fingerprint density at radius 3 is 2.66 bits per heavy atom. The number of carbonyl (C=O) groups is 3. The number of esters is 2. The monoisotopic (exact) mass is 396 g/mol. The van der Waals surface area contributed by atoms with Crippen molar-refractivity contribution in [2.75, 3.05) is 25.5 Å². The van der Waals surface area contributed by atoms with Crippen molar-refractivity contribution in [3.8, 4) is 0 Å². The molecule has 2 saturated heterocycles. The van der Waals surface area contributed by atoms with E-state index in [0.29, 0.717) is 18.5 Å². The fourth-order valence-electron chi connectivity index (χ4n) is 6.26. The Morgan fingerprint density at radius 2 is 1.97 bits per heavy atom. The van der Waals surface area contributed by atoms with E-state index in [4.69, 9.17) is 9.47 Å². The molecule has 1 N–H and O–H groups in total. The second-order valence-corrected chi connectivity index (χ2v) is 8.49. The summed E-state index contributed by atoms with van der Waals surface area (Å²) < 4.78 is 10.9. The van der Waals surface area contributed by atoms with E-state index in [-0.39, 0.29) is 17.2 Å². The molecule has 3 aliphatic heterocycles. The molecule has 2 fully saturated rings. The Bertz CT molecular complexity index is 985. The number of piperidine rings is 1. The summed E-state index contributed by atoms with van der Waals surface area (Å²) in [5.74, 6) is -1.78. The van der Waals surface area contributed by atoms with Gasteiger partial charge in [-0.3, -0.25) is 14.5 Å². The molecule has 0 unspecified atom stereocenters. The van der Waals surface area contributed by atoms with Crippen LogP contribution in [0.4, 0.5) is 5.69 Å². The number of nitrogens with one attached hydrogen (secondary N) is 1. The van der Waals surface area contributed by atoms with Crippen molar-refractivity contribution >= 4 is 23.4 Å². The molecular formula is C22H24N2O5. The predicted octanol–water partition coefficient (Wildman–Crippen LogP) is 1.78. The molecule has 0 saturated carbocycles. The Kier molecular flexibility index (Phi) is 3.75. The van der Waals surface area contributed by atoms with E-state index >= 15 is 0 Å². The predicted molar refractivity (Wildman–Crippen MR) is 104 cm³/mol. The standard InChI is InChI=1S/C22H24N2O5/c1-12(25)22(29-13(2)26)11-24-9-8-21-14-6-4-5-7-16(14)23-19(21)18(20(27)28-3)15(22)10-17(21)24/h4-7,15,17,23H,8-11H2,1-3H3/t15-,17+,21-,22-/m1/s1. The minimum atomic E-state index is -1.38. The smallest absolute Gasteiger partial charge is 0.335 e. The molecule has 1 aromatic rings. The molecule has 1 aliphatic carbocycles. The Morgan fingerprint density at radius 1 is 1.21 bits per heavy atom. The first-order valence-corrected chi connectivity index (χ1v) is 9.99. The maximum absolute atomic E-state index is 13.0. The third-order valence-corrected chi connectivity index (χ3v) is 7.32. The van der Waals surface area contributed by atoms with Gasteiger partial charge in [0.25, 0.3) is 0 Å². The zero-order chi connectivity index (χ0) is 20.6. The lowest BCUT2D eigenvalue weighted by Gasteiger charge is -2.54. The van der Waals surface area contributed by atoms with Crippen LogP contribution in [0.5, 0.6) is 0 Å². The Hall–Kier alpha value is -2.67. The summed E-state index contributed by atoms with van der Waals surface area (Å²) in [6.07, 6.45) is 1.40. The van der Waals surface area contributed by atoms with E-state index in [9.17, 15) is 14.4 Å². The number of hydrogen-bond donors (Lipinski definition) is 1. The van der Waals surface area contributed by atoms with Gasteiger partial charge in [-0.1, -0.05) is 18.2 Å². The van der Waals surface area contributed by atoms with Crippen molar-refractivity contribution in [3.05, 3.63) is 41.1 Å². The largest absolute Gasteiger partial charge is 0.466 e. The molecule has 0 amide bonds. The van der Waals surface area contributed by atoms with Gasteiger partial charge in [0.05, 0.1) is 18.1 Å². The number of fused-ring (bicyclic) bond motifs is 2. The first kappa shape index (κ1) is 18.4. The van der Waals surface area contributed by atoms with Gasteiger partial charge in [0.15, 0.2) is 11.4 Å². The van der Waals surface area contributed by atoms with Crippen LogP contribution in [0.3, 0.4) is 0 Å². The zero-order valence-electron chi connectivity index (χ0n) is 16.8. The van der Waals surface area contributed by atoms with E-state index in [0.717, 1.165) is 24.4 Å². The molecule has 5 rings (SSSR count). The van der Waals surface area contributed by atoms with Crippen molar-refractivity contribution in [2.24, 2.45) is 5.92 Å². The molecule has 29 heavy (non-hydrogen) atoms. The van der Waals surface area contributed by atoms with Crippen LogP contribution in [0.15, 0.2) is 35.5 Å². The van der Waals surface area contributed by atoms with Gasteiger partial charge >= 0.3 is 11.9 Å². The quantitative estimate of drug-likeness (QED) is 0.780. The van der Waals surface area contributed by atoms with E-state index in [2.05, 4.69) is 16.3 Å². The van der Waals surface area contributed by atoms with Gasteiger partial charge in [-0.25, -0.2) is 4.79 Å². The number of ketones is 1. The minimum Gasteiger partial charge on any atom is -0.466 e. The van der Waals surface area contributed by atoms with Crippen LogP contribution in [0.25, 0.3) is 0 Å². The van der Waals surface area contributed by atoms with Crippen LogP contribution in [-0.2, 0) is 29.3 Å². The molecule has 1 aromatic carbocycles. The summed E-state index contributed by atoms with van der Waals surface area (Å²) in [7, 11) is 1.35. The van der Waals surface area contributed by atoms with Crippen LogP contribution >= 0.6 is 0 Å². The maximum Gasteiger partial charge on any atom is 0.335 e. The van der Waals surface area contributed by atoms with Gasteiger partial charge < -0.3 is 14.8 Å². The number of anilines is 1. The zero-order valence-corrected chi connectivity index (χ0v) is 16.8. The lowest BCUT2D eigenvalue weighted by molar-refractivity contribution is -0.181. The number of benzene rings is 1. The van der Waals surface area contributed by atoms with E-state index < -0.39 is 23.5 Å². The molecular weight excluding hydrogens is 372 g/mol. The molecule has 3 heterocycles. The maximum atomic E-state index is 13.0. The minimum absolute atomic E-state index is 0.134. The summed E-state index contributed by atoms with van der Waals surface area (Å²) in [5, 5.41) is 3.48. The first-order valence-electron chi connectivity index (χ1n) is 9.99. The molecule has 0 radical (unpaired) electrons. The van der Waals surface area contributed by atoms with Gasteiger partial charge in [-0.05, 0) is 37.9 Å². The lowest BCUT2D eigenvalue weighted by atomic mass is 9.59. The summed E-state index contributed by atoms with van der Waals surface area (Å²) >= 11 is 0. The molecule has 4 aliphatic rings. The summed E-state index contributed by atoms with van der Waals surface area (Å²) in [6, 6.07) is 8.26. The van der Waals surface area contributed by atoms with Gasteiger partial charge in [0.1, 0.15) is 0 Å². The number of carbonyl (C=O) groups excluding carboxylic acids is 3. The third-order valence-electron chi connectivity index (χ3n) is 7.32. The number of methoxy groups -OCH3 is 1. The van der Waals surface area contributed by atoms with Crippen molar-refractivity contribution in [1.29, 1.82) is 0 Å². The Labute approximate surface area is 169 Å². The molecule has 1 spiro atoms. The van der Waals surface area contributed by atoms with Crippen LogP contribution in [0.2, 0.25) is 0 Å². The van der Waals surface area contributed by atoms with Crippen molar-refractivity contribution in [3.63, 3.8) is 0 Å². The van der Waals surface area contributed by atoms with Crippen molar-refractivity contribution in [1.82, 2.24) is 4.90 Å². The van der Waals surface area contributed by atoms with Crippen LogP contribution < -0.4 is 5.32 Å². The third kappa shape index (κ3) is 2.14. The van der Waals surface area contributed by atoms with E-state index in [1.165, 1.54) is 26.5 Å². The average molecular weight is 396 g/mol. The second kappa shape index (κ2) is 5.92. The molecule has 0 aromatic heterocycles. The number of ether oxygens (including phenoxy) is 2. The van der Waals surface area contributed by atoms with Crippen molar-refractivity contribution in [2.45, 2.75) is 43.7 Å².